The molecule has 1 amide bonds. The van der Waals surface area contributed by atoms with Crippen LogP contribution in [-0.2, 0) is 4.79 Å². The predicted octanol–water partition coefficient (Wildman–Crippen LogP) is 6.41. The lowest BCUT2D eigenvalue weighted by atomic mass is 10.0. The maximum Gasteiger partial charge on any atom is 0.221 e. The lowest BCUT2D eigenvalue weighted by Gasteiger charge is -2.05. The average Bonchev–Trinajstić information content (AvgIpc) is 3.31. The van der Waals surface area contributed by atoms with Crippen molar-refractivity contribution in [2.24, 2.45) is 0 Å². The van der Waals surface area contributed by atoms with Crippen molar-refractivity contribution < 1.29 is 4.79 Å². The molecule has 0 bridgehead atoms. The molecule has 0 fully saturated rings. The number of aromatic nitrogens is 1. The summed E-state index contributed by atoms with van der Waals surface area (Å²) in [7, 11) is 0. The van der Waals surface area contributed by atoms with Crippen molar-refractivity contribution >= 4 is 34.2 Å². The molecule has 1 heterocycles. The molecular formula is C26H20N4OS. The van der Waals surface area contributed by atoms with E-state index in [9.17, 15) is 10.1 Å². The van der Waals surface area contributed by atoms with Gasteiger partial charge in [-0.1, -0.05) is 54.6 Å². The summed E-state index contributed by atoms with van der Waals surface area (Å²) in [6, 6.07) is 27.9. The zero-order chi connectivity index (χ0) is 22.3. The largest absolute Gasteiger partial charge is 0.360 e. The Morgan fingerprint density at radius 3 is 2.19 bits per heavy atom. The first-order valence-electron chi connectivity index (χ1n) is 9.98. The average molecular weight is 437 g/mol. The molecule has 156 valence electrons. The number of thiazole rings is 1. The smallest absolute Gasteiger partial charge is 0.221 e. The molecule has 4 aromatic rings. The first-order chi connectivity index (χ1) is 15.6. The van der Waals surface area contributed by atoms with E-state index in [2.05, 4.69) is 46.0 Å². The summed E-state index contributed by atoms with van der Waals surface area (Å²) in [6.45, 7) is 1.47. The molecule has 0 atom stereocenters. The van der Waals surface area contributed by atoms with Crippen LogP contribution >= 0.6 is 11.3 Å². The van der Waals surface area contributed by atoms with Crippen LogP contribution < -0.4 is 10.6 Å². The summed E-state index contributed by atoms with van der Waals surface area (Å²) < 4.78 is 0. The monoisotopic (exact) mass is 436 g/mol. The minimum absolute atomic E-state index is 0.119. The Balaban J connectivity index is 1.48. The summed E-state index contributed by atoms with van der Waals surface area (Å²) in [5.74, 6) is -0.119. The van der Waals surface area contributed by atoms with Gasteiger partial charge in [-0.05, 0) is 35.4 Å². The number of carbonyl (C=O) groups is 1. The van der Waals surface area contributed by atoms with Crippen LogP contribution in [0.3, 0.4) is 0 Å². The van der Waals surface area contributed by atoms with Gasteiger partial charge in [0.25, 0.3) is 0 Å². The SMILES string of the molecule is CC(=O)Nc1ccc(NC=C(C#N)c2nc(-c3ccc(-c4ccccc4)cc3)cs2)cc1. The second kappa shape index (κ2) is 9.73. The third-order valence-electron chi connectivity index (χ3n) is 4.73. The van der Waals surface area contributed by atoms with Gasteiger partial charge in [-0.25, -0.2) is 4.98 Å². The van der Waals surface area contributed by atoms with Crippen LogP contribution in [0.15, 0.2) is 90.4 Å². The van der Waals surface area contributed by atoms with Crippen LogP contribution in [0.1, 0.15) is 11.9 Å². The minimum Gasteiger partial charge on any atom is -0.360 e. The highest BCUT2D eigenvalue weighted by Crippen LogP contribution is 2.28. The molecule has 4 rings (SSSR count). The highest BCUT2D eigenvalue weighted by atomic mass is 32.1. The number of hydrogen-bond acceptors (Lipinski definition) is 5. The zero-order valence-corrected chi connectivity index (χ0v) is 18.2. The topological polar surface area (TPSA) is 77.8 Å². The van der Waals surface area contributed by atoms with Crippen LogP contribution in [0, 0.1) is 11.3 Å². The normalized spacial score (nSPS) is 10.9. The number of nitriles is 1. The standard InChI is InChI=1S/C26H20N4OS/c1-18(31)29-24-13-11-23(12-14-24)28-16-22(15-27)26-30-25(17-32-26)21-9-7-20(8-10-21)19-5-3-2-4-6-19/h2-14,16-17,28H,1H3,(H,29,31). The molecule has 0 unspecified atom stereocenters. The number of hydrogen-bond donors (Lipinski definition) is 2. The molecule has 6 heteroatoms. The second-order valence-corrected chi connectivity index (χ2v) is 7.91. The number of nitrogens with zero attached hydrogens (tertiary/aromatic N) is 2. The Hall–Kier alpha value is -4.21. The van der Waals surface area contributed by atoms with Gasteiger partial charge in [-0.2, -0.15) is 5.26 Å². The van der Waals surface area contributed by atoms with E-state index in [0.717, 1.165) is 28.2 Å². The number of amides is 1. The summed E-state index contributed by atoms with van der Waals surface area (Å²) in [5.41, 5.74) is 6.14. The maximum atomic E-state index is 11.1. The summed E-state index contributed by atoms with van der Waals surface area (Å²) in [4.78, 5) is 15.8. The van der Waals surface area contributed by atoms with Crippen LogP contribution in [0.25, 0.3) is 28.0 Å². The lowest BCUT2D eigenvalue weighted by molar-refractivity contribution is -0.114. The quantitative estimate of drug-likeness (QED) is 0.342. The lowest BCUT2D eigenvalue weighted by Crippen LogP contribution is -2.05. The third-order valence-corrected chi connectivity index (χ3v) is 5.61. The van der Waals surface area contributed by atoms with Crippen molar-refractivity contribution in [3.8, 4) is 28.5 Å². The Morgan fingerprint density at radius 2 is 1.53 bits per heavy atom. The van der Waals surface area contributed by atoms with E-state index in [0.29, 0.717) is 10.6 Å². The highest BCUT2D eigenvalue weighted by molar-refractivity contribution is 7.11. The van der Waals surface area contributed by atoms with E-state index in [1.807, 2.05) is 47.8 Å². The number of nitrogens with one attached hydrogen (secondary N) is 2. The van der Waals surface area contributed by atoms with E-state index in [-0.39, 0.29) is 5.91 Å². The Labute approximate surface area is 190 Å². The van der Waals surface area contributed by atoms with Crippen molar-refractivity contribution in [2.45, 2.75) is 6.92 Å². The second-order valence-electron chi connectivity index (χ2n) is 7.05. The first-order valence-corrected chi connectivity index (χ1v) is 10.9. The summed E-state index contributed by atoms with van der Waals surface area (Å²) in [5, 5.41) is 18.1. The Morgan fingerprint density at radius 1 is 0.906 bits per heavy atom. The molecule has 32 heavy (non-hydrogen) atoms. The van der Waals surface area contributed by atoms with E-state index >= 15 is 0 Å². The van der Waals surface area contributed by atoms with Gasteiger partial charge in [-0.3, -0.25) is 4.79 Å². The van der Waals surface area contributed by atoms with E-state index in [4.69, 9.17) is 0 Å². The van der Waals surface area contributed by atoms with Gasteiger partial charge in [0.2, 0.25) is 5.91 Å². The van der Waals surface area contributed by atoms with Crippen molar-refractivity contribution in [1.82, 2.24) is 4.98 Å². The molecule has 5 nitrogen and oxygen atoms in total. The van der Waals surface area contributed by atoms with Gasteiger partial charge in [-0.15, -0.1) is 11.3 Å². The predicted molar refractivity (Wildman–Crippen MR) is 131 cm³/mol. The molecule has 1 aromatic heterocycles. The molecular weight excluding hydrogens is 416 g/mol. The van der Waals surface area contributed by atoms with Gasteiger partial charge in [0.15, 0.2) is 0 Å². The van der Waals surface area contributed by atoms with Crippen LogP contribution in [0.4, 0.5) is 11.4 Å². The number of anilines is 2. The van der Waals surface area contributed by atoms with Gasteiger partial charge in [0.1, 0.15) is 16.6 Å². The van der Waals surface area contributed by atoms with Gasteiger partial charge < -0.3 is 10.6 Å². The van der Waals surface area contributed by atoms with Crippen LogP contribution in [0.2, 0.25) is 0 Å². The third kappa shape index (κ3) is 5.09. The van der Waals surface area contributed by atoms with Crippen molar-refractivity contribution in [3.63, 3.8) is 0 Å². The van der Waals surface area contributed by atoms with Crippen LogP contribution in [-0.4, -0.2) is 10.9 Å². The van der Waals surface area contributed by atoms with E-state index in [1.54, 1.807) is 18.3 Å². The molecule has 0 aliphatic carbocycles. The molecule has 0 radical (unpaired) electrons. The fourth-order valence-corrected chi connectivity index (χ4v) is 3.94. The highest BCUT2D eigenvalue weighted by Gasteiger charge is 2.09. The molecule has 0 aliphatic heterocycles. The zero-order valence-electron chi connectivity index (χ0n) is 17.4. The Kier molecular flexibility index (Phi) is 6.40. The minimum atomic E-state index is -0.119. The maximum absolute atomic E-state index is 11.1. The molecule has 0 saturated carbocycles. The summed E-state index contributed by atoms with van der Waals surface area (Å²) in [6.07, 6.45) is 1.65. The Bertz CT molecular complexity index is 1280. The van der Waals surface area contributed by atoms with Crippen LogP contribution in [0.5, 0.6) is 0 Å². The molecule has 3 aromatic carbocycles. The van der Waals surface area contributed by atoms with Gasteiger partial charge >= 0.3 is 0 Å². The molecule has 0 saturated heterocycles. The van der Waals surface area contributed by atoms with Crippen molar-refractivity contribution in [3.05, 3.63) is 95.5 Å². The number of rotatable bonds is 6. The van der Waals surface area contributed by atoms with E-state index in [1.165, 1.54) is 23.8 Å². The van der Waals surface area contributed by atoms with E-state index < -0.39 is 0 Å². The number of benzene rings is 3. The number of allylic oxidation sites excluding steroid dienone is 1. The van der Waals surface area contributed by atoms with Gasteiger partial charge in [0.05, 0.1) is 5.69 Å². The fourth-order valence-electron chi connectivity index (χ4n) is 3.14. The number of carbonyl (C=O) groups excluding carboxylic acids is 1. The fraction of sp³-hybridized carbons (Fsp3) is 0.0385. The first kappa shape index (κ1) is 21.0. The molecule has 0 spiro atoms. The molecule has 0 aliphatic rings. The molecule has 2 N–H and O–H groups in total. The van der Waals surface area contributed by atoms with Crippen molar-refractivity contribution in [2.75, 3.05) is 10.6 Å². The van der Waals surface area contributed by atoms with Crippen molar-refractivity contribution in [1.29, 1.82) is 5.26 Å². The van der Waals surface area contributed by atoms with Gasteiger partial charge in [0, 0.05) is 35.4 Å². The summed E-state index contributed by atoms with van der Waals surface area (Å²) >= 11 is 1.43.